The summed E-state index contributed by atoms with van der Waals surface area (Å²) in [6.45, 7) is 0. The van der Waals surface area contributed by atoms with Crippen LogP contribution in [0, 0.1) is 5.82 Å². The molecular formula is C27H22FN3O4S. The first-order valence-electron chi connectivity index (χ1n) is 11.2. The van der Waals surface area contributed by atoms with Gasteiger partial charge in [-0.15, -0.1) is 0 Å². The maximum atomic E-state index is 14.9. The van der Waals surface area contributed by atoms with Gasteiger partial charge in [0.05, 0.1) is 30.0 Å². The lowest BCUT2D eigenvalue weighted by atomic mass is 10.1. The van der Waals surface area contributed by atoms with Gasteiger partial charge in [0.15, 0.2) is 28.2 Å². The van der Waals surface area contributed by atoms with Crippen LogP contribution in [0.25, 0.3) is 21.1 Å². The van der Waals surface area contributed by atoms with E-state index in [2.05, 4.69) is 15.3 Å². The molecule has 3 aromatic carbocycles. The topological polar surface area (TPSA) is 82.6 Å². The van der Waals surface area contributed by atoms with Gasteiger partial charge in [-0.05, 0) is 24.1 Å². The smallest absolute Gasteiger partial charge is 0.226 e. The van der Waals surface area contributed by atoms with Gasteiger partial charge >= 0.3 is 0 Å². The zero-order chi connectivity index (χ0) is 25.1. The number of carbonyl (C=O) groups excluding carboxylic acids is 1. The number of hydrogen-bond donors (Lipinski definition) is 1. The number of thiazole rings is 1. The molecule has 1 amide bonds. The zero-order valence-electron chi connectivity index (χ0n) is 19.6. The summed E-state index contributed by atoms with van der Waals surface area (Å²) in [5.41, 5.74) is 2.14. The molecule has 2 heterocycles. The summed E-state index contributed by atoms with van der Waals surface area (Å²) in [6.07, 6.45) is 2.53. The molecule has 36 heavy (non-hydrogen) atoms. The lowest BCUT2D eigenvalue weighted by Gasteiger charge is -2.12. The van der Waals surface area contributed by atoms with Crippen LogP contribution in [0.5, 0.6) is 23.0 Å². The maximum absolute atomic E-state index is 14.9. The van der Waals surface area contributed by atoms with E-state index in [0.717, 1.165) is 5.56 Å². The van der Waals surface area contributed by atoms with Crippen LogP contribution in [0.4, 0.5) is 9.52 Å². The van der Waals surface area contributed by atoms with Crippen molar-refractivity contribution in [1.82, 2.24) is 9.97 Å². The summed E-state index contributed by atoms with van der Waals surface area (Å²) in [7, 11) is 3.08. The molecule has 9 heteroatoms. The van der Waals surface area contributed by atoms with Crippen LogP contribution in [0.2, 0.25) is 0 Å². The molecule has 2 aromatic heterocycles. The number of hydrogen-bond acceptors (Lipinski definition) is 7. The van der Waals surface area contributed by atoms with Crippen LogP contribution in [-0.4, -0.2) is 30.1 Å². The molecule has 0 bridgehead atoms. The minimum absolute atomic E-state index is 0.0374. The Morgan fingerprint density at radius 2 is 1.72 bits per heavy atom. The van der Waals surface area contributed by atoms with Crippen molar-refractivity contribution in [3.8, 4) is 23.0 Å². The van der Waals surface area contributed by atoms with Gasteiger partial charge in [-0.1, -0.05) is 41.7 Å². The summed E-state index contributed by atoms with van der Waals surface area (Å²) in [4.78, 5) is 21.1. The molecule has 0 unspecified atom stereocenters. The van der Waals surface area contributed by atoms with E-state index in [4.69, 9.17) is 14.2 Å². The summed E-state index contributed by atoms with van der Waals surface area (Å²) in [5, 5.41) is 3.86. The SMILES string of the molecule is COc1cc2nccc(Oc3cc4sc(NC(=O)CCc5ccccc5)nc4cc3F)c2cc1OC. The first-order chi connectivity index (χ1) is 17.5. The van der Waals surface area contributed by atoms with Crippen molar-refractivity contribution in [2.24, 2.45) is 0 Å². The van der Waals surface area contributed by atoms with E-state index in [9.17, 15) is 9.18 Å². The van der Waals surface area contributed by atoms with E-state index >= 15 is 0 Å². The number of amides is 1. The molecule has 0 radical (unpaired) electrons. The Bertz CT molecular complexity index is 1560. The number of fused-ring (bicyclic) bond motifs is 2. The zero-order valence-corrected chi connectivity index (χ0v) is 20.4. The third kappa shape index (κ3) is 4.92. The number of aromatic nitrogens is 2. The van der Waals surface area contributed by atoms with Crippen LogP contribution >= 0.6 is 11.3 Å². The number of benzene rings is 3. The van der Waals surface area contributed by atoms with Crippen molar-refractivity contribution < 1.29 is 23.4 Å². The number of aryl methyl sites for hydroxylation is 1. The van der Waals surface area contributed by atoms with E-state index < -0.39 is 5.82 Å². The van der Waals surface area contributed by atoms with Crippen molar-refractivity contribution in [3.63, 3.8) is 0 Å². The molecule has 0 aliphatic rings. The normalized spacial score (nSPS) is 11.0. The summed E-state index contributed by atoms with van der Waals surface area (Å²) in [6, 6.07) is 17.8. The Hall–Kier alpha value is -4.24. The van der Waals surface area contributed by atoms with Gasteiger partial charge in [-0.3, -0.25) is 9.78 Å². The Labute approximate surface area is 210 Å². The second kappa shape index (κ2) is 10.2. The number of halogens is 1. The maximum Gasteiger partial charge on any atom is 0.226 e. The lowest BCUT2D eigenvalue weighted by molar-refractivity contribution is -0.116. The molecule has 0 saturated heterocycles. The minimum atomic E-state index is -0.569. The molecule has 1 N–H and O–H groups in total. The highest BCUT2D eigenvalue weighted by Crippen LogP contribution is 2.39. The average Bonchev–Trinajstić information content (AvgIpc) is 3.28. The predicted molar refractivity (Wildman–Crippen MR) is 138 cm³/mol. The summed E-state index contributed by atoms with van der Waals surface area (Å²) >= 11 is 1.26. The van der Waals surface area contributed by atoms with Gasteiger partial charge in [-0.25, -0.2) is 9.37 Å². The highest BCUT2D eigenvalue weighted by atomic mass is 32.1. The van der Waals surface area contributed by atoms with E-state index in [-0.39, 0.29) is 11.7 Å². The number of nitrogens with zero attached hydrogens (tertiary/aromatic N) is 2. The average molecular weight is 504 g/mol. The minimum Gasteiger partial charge on any atom is -0.493 e. The van der Waals surface area contributed by atoms with Gasteiger partial charge in [0.1, 0.15) is 5.75 Å². The van der Waals surface area contributed by atoms with E-state index in [1.807, 2.05) is 30.3 Å². The van der Waals surface area contributed by atoms with E-state index in [1.54, 1.807) is 37.6 Å². The van der Waals surface area contributed by atoms with Gasteiger partial charge < -0.3 is 19.5 Å². The van der Waals surface area contributed by atoms with Gasteiger partial charge in [0.2, 0.25) is 5.91 Å². The second-order valence-corrected chi connectivity index (χ2v) is 8.97. The van der Waals surface area contributed by atoms with Crippen LogP contribution in [0.1, 0.15) is 12.0 Å². The third-order valence-electron chi connectivity index (χ3n) is 5.60. The number of nitrogens with one attached hydrogen (secondary N) is 1. The van der Waals surface area contributed by atoms with Crippen molar-refractivity contribution >= 4 is 43.5 Å². The van der Waals surface area contributed by atoms with Gasteiger partial charge in [0, 0.05) is 36.2 Å². The molecule has 182 valence electrons. The van der Waals surface area contributed by atoms with Crippen LogP contribution < -0.4 is 19.5 Å². The molecule has 0 aliphatic heterocycles. The highest BCUT2D eigenvalue weighted by molar-refractivity contribution is 7.22. The molecule has 0 spiro atoms. The number of ether oxygens (including phenoxy) is 3. The Morgan fingerprint density at radius 3 is 2.50 bits per heavy atom. The highest BCUT2D eigenvalue weighted by Gasteiger charge is 2.16. The molecule has 0 saturated carbocycles. The Balaban J connectivity index is 1.37. The molecule has 5 aromatic rings. The van der Waals surface area contributed by atoms with Crippen LogP contribution in [-0.2, 0) is 11.2 Å². The fraction of sp³-hybridized carbons (Fsp3) is 0.148. The molecule has 7 nitrogen and oxygen atoms in total. The summed E-state index contributed by atoms with van der Waals surface area (Å²) < 4.78 is 32.3. The lowest BCUT2D eigenvalue weighted by Crippen LogP contribution is -2.11. The molecule has 5 rings (SSSR count). The van der Waals surface area contributed by atoms with E-state index in [0.29, 0.717) is 56.3 Å². The number of carbonyl (C=O) groups is 1. The van der Waals surface area contributed by atoms with Crippen molar-refractivity contribution in [2.45, 2.75) is 12.8 Å². The first-order valence-corrected chi connectivity index (χ1v) is 12.0. The van der Waals surface area contributed by atoms with Crippen molar-refractivity contribution in [2.75, 3.05) is 19.5 Å². The summed E-state index contributed by atoms with van der Waals surface area (Å²) in [5.74, 6) is 0.773. The largest absolute Gasteiger partial charge is 0.493 e. The fourth-order valence-corrected chi connectivity index (χ4v) is 4.69. The monoisotopic (exact) mass is 503 g/mol. The van der Waals surface area contributed by atoms with Crippen molar-refractivity contribution in [3.05, 3.63) is 78.2 Å². The second-order valence-electron chi connectivity index (χ2n) is 7.94. The Kier molecular flexibility index (Phi) is 6.64. The van der Waals surface area contributed by atoms with Crippen LogP contribution in [0.3, 0.4) is 0 Å². The first kappa shape index (κ1) is 23.5. The number of pyridine rings is 1. The third-order valence-corrected chi connectivity index (χ3v) is 6.53. The van der Waals surface area contributed by atoms with Crippen LogP contribution in [0.15, 0.2) is 66.9 Å². The standard InChI is InChI=1S/C27H22FN3O4S/c1-33-23-12-17-19(14-24(23)34-2)29-11-10-21(17)35-22-15-25-20(13-18(22)28)30-27(36-25)31-26(32)9-8-16-6-4-3-5-7-16/h3-7,10-15H,8-9H2,1-2H3,(H,30,31,32). The van der Waals surface area contributed by atoms with E-state index in [1.165, 1.54) is 24.5 Å². The quantitative estimate of drug-likeness (QED) is 0.265. The molecule has 0 aliphatic carbocycles. The predicted octanol–water partition coefficient (Wildman–Crippen LogP) is 6.36. The molecular weight excluding hydrogens is 481 g/mol. The van der Waals surface area contributed by atoms with Gasteiger partial charge in [0.25, 0.3) is 0 Å². The Morgan fingerprint density at radius 1 is 0.944 bits per heavy atom. The molecule has 0 fully saturated rings. The number of rotatable bonds is 8. The van der Waals surface area contributed by atoms with Gasteiger partial charge in [-0.2, -0.15) is 0 Å². The fourth-order valence-electron chi connectivity index (χ4n) is 3.80. The molecule has 0 atom stereocenters. The van der Waals surface area contributed by atoms with Crippen molar-refractivity contribution in [1.29, 1.82) is 0 Å². The number of anilines is 1. The number of methoxy groups -OCH3 is 2.